The molecule has 0 aliphatic carbocycles. The number of nitrogens with one attached hydrogen (secondary N) is 3. The van der Waals surface area contributed by atoms with Crippen LogP contribution in [0.3, 0.4) is 0 Å². The highest BCUT2D eigenvalue weighted by Gasteiger charge is 2.10. The zero-order chi connectivity index (χ0) is 31.9. The van der Waals surface area contributed by atoms with Crippen molar-refractivity contribution in [1.82, 2.24) is 16.0 Å². The Labute approximate surface area is 253 Å². The quantitative estimate of drug-likeness (QED) is 0.104. The highest BCUT2D eigenvalue weighted by molar-refractivity contribution is 5.79. The number of carboxylic acid groups (broad SMARTS) is 2. The van der Waals surface area contributed by atoms with Crippen molar-refractivity contribution in [3.63, 3.8) is 0 Å². The molecule has 12 nitrogen and oxygen atoms in total. The summed E-state index contributed by atoms with van der Waals surface area (Å²) in [5.41, 5.74) is 3.26. The van der Waals surface area contributed by atoms with Crippen LogP contribution in [0.1, 0.15) is 73.8 Å². The van der Waals surface area contributed by atoms with Crippen molar-refractivity contribution in [2.75, 3.05) is 32.8 Å². The van der Waals surface area contributed by atoms with E-state index in [1.807, 2.05) is 24.3 Å². The third kappa shape index (κ3) is 18.4. The van der Waals surface area contributed by atoms with E-state index in [9.17, 15) is 24.9 Å². The van der Waals surface area contributed by atoms with Crippen LogP contribution in [0.15, 0.2) is 42.5 Å². The lowest BCUT2D eigenvalue weighted by atomic mass is 10.0. The standard InChI is InChI=1S/C29H43N3O7.C2H4O2/c33-21-25-17-23(12-13-26(25)34)27(35)19-30-14-6-1-2-7-15-39-16-8-5-10-22-9-3-4-11-24(22)18-31-29(38)32-20-28(36)37;1-2(3)4/h3-4,9,11-13,17,27,30,33-35H,1-2,5-8,10,14-16,18-21H2,(H,36,37)(H2,31,32,38);1H3,(H,3,4)/t27-;/m0./s1. The van der Waals surface area contributed by atoms with Crippen molar-refractivity contribution in [2.24, 2.45) is 0 Å². The lowest BCUT2D eigenvalue weighted by Crippen LogP contribution is -2.38. The minimum Gasteiger partial charge on any atom is -0.508 e. The van der Waals surface area contributed by atoms with Gasteiger partial charge in [0.15, 0.2) is 0 Å². The van der Waals surface area contributed by atoms with E-state index in [0.29, 0.717) is 30.8 Å². The van der Waals surface area contributed by atoms with Gasteiger partial charge in [-0.1, -0.05) is 43.2 Å². The Morgan fingerprint density at radius 1 is 0.860 bits per heavy atom. The van der Waals surface area contributed by atoms with Crippen LogP contribution in [0.4, 0.5) is 4.79 Å². The summed E-state index contributed by atoms with van der Waals surface area (Å²) in [4.78, 5) is 31.2. The second kappa shape index (κ2) is 22.8. The maximum Gasteiger partial charge on any atom is 0.323 e. The number of carbonyl (C=O) groups excluding carboxylic acids is 1. The predicted octanol–water partition coefficient (Wildman–Crippen LogP) is 3.08. The molecule has 2 amide bonds. The van der Waals surface area contributed by atoms with Crippen LogP contribution in [-0.4, -0.2) is 76.4 Å². The number of ether oxygens (including phenoxy) is 1. The van der Waals surface area contributed by atoms with Gasteiger partial charge in [-0.2, -0.15) is 0 Å². The average Bonchev–Trinajstić information content (AvgIpc) is 2.97. The van der Waals surface area contributed by atoms with E-state index in [4.69, 9.17) is 19.7 Å². The lowest BCUT2D eigenvalue weighted by Gasteiger charge is -2.14. The number of rotatable bonds is 20. The van der Waals surface area contributed by atoms with Crippen molar-refractivity contribution >= 4 is 18.0 Å². The van der Waals surface area contributed by atoms with Crippen molar-refractivity contribution in [3.05, 3.63) is 64.7 Å². The van der Waals surface area contributed by atoms with Gasteiger partial charge >= 0.3 is 12.0 Å². The Bertz CT molecular complexity index is 1090. The molecule has 0 fully saturated rings. The average molecular weight is 606 g/mol. The van der Waals surface area contributed by atoms with Gasteiger partial charge in [-0.15, -0.1) is 0 Å². The minimum atomic E-state index is -1.08. The van der Waals surface area contributed by atoms with Gasteiger partial charge in [-0.25, -0.2) is 4.79 Å². The first-order chi connectivity index (χ1) is 20.6. The molecule has 0 aliphatic rings. The molecular weight excluding hydrogens is 558 g/mol. The number of aliphatic carboxylic acids is 2. The number of carbonyl (C=O) groups is 3. The Morgan fingerprint density at radius 3 is 2.19 bits per heavy atom. The molecule has 12 heteroatoms. The van der Waals surface area contributed by atoms with Gasteiger partial charge in [0.25, 0.3) is 5.97 Å². The molecule has 0 saturated heterocycles. The fourth-order valence-corrected chi connectivity index (χ4v) is 4.09. The van der Waals surface area contributed by atoms with Gasteiger partial charge in [-0.05, 0) is 67.5 Å². The van der Waals surface area contributed by atoms with Gasteiger partial charge < -0.3 is 46.2 Å². The van der Waals surface area contributed by atoms with E-state index in [2.05, 4.69) is 16.0 Å². The molecule has 2 aromatic rings. The zero-order valence-corrected chi connectivity index (χ0v) is 24.9. The van der Waals surface area contributed by atoms with Crippen LogP contribution < -0.4 is 16.0 Å². The molecule has 1 atom stereocenters. The van der Waals surface area contributed by atoms with E-state index in [1.54, 1.807) is 12.1 Å². The summed E-state index contributed by atoms with van der Waals surface area (Å²) in [5, 5.41) is 53.4. The van der Waals surface area contributed by atoms with E-state index >= 15 is 0 Å². The second-order valence-corrected chi connectivity index (χ2v) is 9.97. The normalized spacial score (nSPS) is 11.2. The Kier molecular flexibility index (Phi) is 19.8. The molecule has 2 aromatic carbocycles. The molecule has 0 bridgehead atoms. The predicted molar refractivity (Wildman–Crippen MR) is 162 cm³/mol. The van der Waals surface area contributed by atoms with Crippen LogP contribution >= 0.6 is 0 Å². The summed E-state index contributed by atoms with van der Waals surface area (Å²) < 4.78 is 5.76. The Morgan fingerprint density at radius 2 is 1.51 bits per heavy atom. The molecule has 240 valence electrons. The van der Waals surface area contributed by atoms with Crippen LogP contribution in [0, 0.1) is 0 Å². The number of aryl methyl sites for hydroxylation is 1. The monoisotopic (exact) mass is 605 g/mol. The molecule has 0 spiro atoms. The number of carboxylic acids is 2. The fraction of sp³-hybridized carbons (Fsp3) is 0.516. The first kappa shape index (κ1) is 37.3. The summed E-state index contributed by atoms with van der Waals surface area (Å²) in [6.45, 7) is 3.44. The summed E-state index contributed by atoms with van der Waals surface area (Å²) in [5.74, 6) is -1.89. The number of urea groups is 1. The van der Waals surface area contributed by atoms with Crippen molar-refractivity contribution in [1.29, 1.82) is 0 Å². The van der Waals surface area contributed by atoms with Crippen LogP contribution in [0.25, 0.3) is 0 Å². The molecule has 43 heavy (non-hydrogen) atoms. The third-order valence-electron chi connectivity index (χ3n) is 6.33. The van der Waals surface area contributed by atoms with Crippen molar-refractivity contribution in [2.45, 2.75) is 71.1 Å². The molecule has 0 saturated carbocycles. The number of amides is 2. The summed E-state index contributed by atoms with van der Waals surface area (Å²) in [6, 6.07) is 12.2. The highest BCUT2D eigenvalue weighted by atomic mass is 16.5. The number of aliphatic hydroxyl groups excluding tert-OH is 2. The Balaban J connectivity index is 0.00000217. The van der Waals surface area contributed by atoms with Crippen molar-refractivity contribution in [3.8, 4) is 5.75 Å². The summed E-state index contributed by atoms with van der Waals surface area (Å²) in [7, 11) is 0. The maximum atomic E-state index is 11.7. The summed E-state index contributed by atoms with van der Waals surface area (Å²) >= 11 is 0. The van der Waals surface area contributed by atoms with E-state index in [0.717, 1.165) is 76.1 Å². The molecule has 0 radical (unpaired) electrons. The second-order valence-electron chi connectivity index (χ2n) is 9.97. The van der Waals surface area contributed by atoms with E-state index in [1.165, 1.54) is 6.07 Å². The van der Waals surface area contributed by atoms with Crippen molar-refractivity contribution < 1.29 is 44.7 Å². The molecule has 2 rings (SSSR count). The van der Waals surface area contributed by atoms with Gasteiger partial charge in [0.1, 0.15) is 12.3 Å². The molecular formula is C31H47N3O9. The number of hydrogen-bond donors (Lipinski definition) is 8. The first-order valence-corrected chi connectivity index (χ1v) is 14.5. The number of aromatic hydroxyl groups is 1. The Hall–Kier alpha value is -3.71. The molecule has 0 heterocycles. The minimum absolute atomic E-state index is 0.0291. The van der Waals surface area contributed by atoms with Crippen LogP contribution in [0.2, 0.25) is 0 Å². The number of unbranched alkanes of at least 4 members (excludes halogenated alkanes) is 4. The SMILES string of the molecule is CC(=O)O.O=C(O)CNC(=O)NCc1ccccc1CCCCOCCCCCCNC[C@H](O)c1ccc(O)c(CO)c1. The summed E-state index contributed by atoms with van der Waals surface area (Å²) in [6.07, 6.45) is 6.32. The molecule has 0 aliphatic heterocycles. The topological polar surface area (TPSA) is 198 Å². The van der Waals surface area contributed by atoms with Gasteiger partial charge in [0, 0.05) is 38.8 Å². The number of benzene rings is 2. The zero-order valence-electron chi connectivity index (χ0n) is 24.9. The maximum absolute atomic E-state index is 11.7. The first-order valence-electron chi connectivity index (χ1n) is 14.5. The third-order valence-corrected chi connectivity index (χ3v) is 6.33. The van der Waals surface area contributed by atoms with E-state index < -0.39 is 30.6 Å². The molecule has 8 N–H and O–H groups in total. The molecule has 0 unspecified atom stereocenters. The van der Waals surface area contributed by atoms with Crippen LogP contribution in [-0.2, 0) is 33.9 Å². The molecule has 0 aromatic heterocycles. The highest BCUT2D eigenvalue weighted by Crippen LogP contribution is 2.22. The number of hydrogen-bond acceptors (Lipinski definition) is 8. The largest absolute Gasteiger partial charge is 0.508 e. The van der Waals surface area contributed by atoms with Gasteiger partial charge in [0.05, 0.1) is 12.7 Å². The fourth-order valence-electron chi connectivity index (χ4n) is 4.09. The number of aliphatic hydroxyl groups is 2. The number of phenols is 1. The van der Waals surface area contributed by atoms with Crippen LogP contribution in [0.5, 0.6) is 5.75 Å². The van der Waals surface area contributed by atoms with Gasteiger partial charge in [0.2, 0.25) is 0 Å². The van der Waals surface area contributed by atoms with E-state index in [-0.39, 0.29) is 12.4 Å². The lowest BCUT2D eigenvalue weighted by molar-refractivity contribution is -0.136. The van der Waals surface area contributed by atoms with Gasteiger partial charge in [-0.3, -0.25) is 9.59 Å². The smallest absolute Gasteiger partial charge is 0.323 e.